The molecule has 0 saturated carbocycles. The van der Waals surface area contributed by atoms with E-state index in [1.165, 1.54) is 44.5 Å². The Morgan fingerprint density at radius 1 is 0.635 bits per heavy atom. The Morgan fingerprint density at radius 2 is 1.33 bits per heavy atom. The second-order valence-corrected chi connectivity index (χ2v) is 15.0. The molecule has 0 radical (unpaired) electrons. The van der Waals surface area contributed by atoms with E-state index in [0.717, 1.165) is 50.6 Å². The molecule has 258 valence electrons. The van der Waals surface area contributed by atoms with E-state index in [1.54, 1.807) is 0 Å². The molecule has 0 aliphatic carbocycles. The minimum atomic E-state index is -0.00169. The normalized spacial score (nSPS) is 11.8. The summed E-state index contributed by atoms with van der Waals surface area (Å²) in [5.74, 6) is 2.39. The molecule has 0 aliphatic rings. The highest BCUT2D eigenvalue weighted by Gasteiger charge is 2.19. The Hall–Kier alpha value is -5.94. The first-order valence-electron chi connectivity index (χ1n) is 18.0. The highest BCUT2D eigenvalue weighted by molar-refractivity contribution is 6.09. The Labute approximate surface area is 306 Å². The average Bonchev–Trinajstić information content (AvgIpc) is 3.76. The molecular weight excluding hydrogens is 637 g/mol. The minimum absolute atomic E-state index is 0.00169. The van der Waals surface area contributed by atoms with Crippen LogP contribution in [0, 0.1) is 40.9 Å². The summed E-state index contributed by atoms with van der Waals surface area (Å²) in [6, 6.07) is 36.1. The zero-order chi connectivity index (χ0) is 36.3. The Balaban J connectivity index is 1.24. The van der Waals surface area contributed by atoms with E-state index < -0.39 is 0 Å². The summed E-state index contributed by atoms with van der Waals surface area (Å²) in [5, 5.41) is 2.34. The van der Waals surface area contributed by atoms with Gasteiger partial charge in [0.1, 0.15) is 17.3 Å². The number of aromatic nitrogens is 4. The van der Waals surface area contributed by atoms with Crippen LogP contribution in [-0.4, -0.2) is 14.1 Å². The molecule has 0 fully saturated rings. The summed E-state index contributed by atoms with van der Waals surface area (Å²) >= 11 is 0. The van der Waals surface area contributed by atoms with Gasteiger partial charge in [-0.1, -0.05) is 69.3 Å². The number of nitrogens with zero attached hydrogens (tertiary/aromatic N) is 4. The molecule has 3 heterocycles. The maximum atomic E-state index is 6.78. The fourth-order valence-electron chi connectivity index (χ4n) is 7.41. The van der Waals surface area contributed by atoms with Gasteiger partial charge < -0.3 is 4.74 Å². The first kappa shape index (κ1) is 33.2. The van der Waals surface area contributed by atoms with Crippen molar-refractivity contribution in [2.24, 2.45) is 0 Å². The molecule has 5 aromatic carbocycles. The lowest BCUT2D eigenvalue weighted by Crippen LogP contribution is -2.31. The molecule has 0 bridgehead atoms. The van der Waals surface area contributed by atoms with Crippen LogP contribution in [0.1, 0.15) is 54.2 Å². The lowest BCUT2D eigenvalue weighted by Gasteiger charge is -2.20. The summed E-state index contributed by atoms with van der Waals surface area (Å²) in [7, 11) is 0. The number of rotatable bonds is 6. The van der Waals surface area contributed by atoms with Crippen molar-refractivity contribution >= 4 is 21.8 Å². The van der Waals surface area contributed by atoms with Crippen molar-refractivity contribution in [1.82, 2.24) is 14.1 Å². The van der Waals surface area contributed by atoms with E-state index in [9.17, 15) is 0 Å². The van der Waals surface area contributed by atoms with Gasteiger partial charge >= 0.3 is 0 Å². The average molecular weight is 681 g/mol. The summed E-state index contributed by atoms with van der Waals surface area (Å²) in [4.78, 5) is 4.86. The summed E-state index contributed by atoms with van der Waals surface area (Å²) < 4.78 is 13.2. The van der Waals surface area contributed by atoms with Gasteiger partial charge in [0.2, 0.25) is 0 Å². The summed E-state index contributed by atoms with van der Waals surface area (Å²) in [6.45, 7) is 17.7. The molecule has 5 heteroatoms. The second kappa shape index (κ2) is 12.7. The largest absolute Gasteiger partial charge is 0.458 e. The van der Waals surface area contributed by atoms with Gasteiger partial charge in [0.25, 0.3) is 6.33 Å². The molecule has 0 N–H and O–H groups in total. The number of pyridine rings is 1. The molecule has 0 amide bonds. The van der Waals surface area contributed by atoms with Crippen LogP contribution in [0.15, 0.2) is 122 Å². The smallest absolute Gasteiger partial charge is 0.268 e. The van der Waals surface area contributed by atoms with Crippen LogP contribution in [0.4, 0.5) is 0 Å². The maximum Gasteiger partial charge on any atom is 0.268 e. The lowest BCUT2D eigenvalue weighted by molar-refractivity contribution is -0.600. The van der Waals surface area contributed by atoms with Crippen molar-refractivity contribution in [3.8, 4) is 39.8 Å². The SMILES string of the molecule is Cc1c(C)c(C)c(-[n+]2[c-]n(-c3cc(Oc4ccc5c6ccccc6n(-c6cc(C(C)(C)C)ccn6)c5c4)cc(-c4ccccc4)c3)cc2)c(C)c1C. The molecule has 0 atom stereocenters. The maximum absolute atomic E-state index is 6.78. The van der Waals surface area contributed by atoms with Crippen LogP contribution in [0.5, 0.6) is 11.5 Å². The molecule has 52 heavy (non-hydrogen) atoms. The molecule has 5 nitrogen and oxygen atoms in total. The number of ether oxygens (including phenoxy) is 1. The van der Waals surface area contributed by atoms with Gasteiger partial charge in [-0.25, -0.2) is 4.98 Å². The standard InChI is InChI=1S/C47H44N4O/c1-30-31(2)33(4)46(34(5)32(30)3)50-23-22-49(29-50)38-24-36(35-14-10-9-11-15-35)25-40(27-38)52-39-18-19-42-41-16-12-13-17-43(41)51(44(42)28-39)45-26-37(20-21-48-45)47(6,7)8/h9-28H,1-8H3. The zero-order valence-corrected chi connectivity index (χ0v) is 31.2. The quantitative estimate of drug-likeness (QED) is 0.129. The number of para-hydroxylation sites is 1. The van der Waals surface area contributed by atoms with Crippen LogP contribution in [-0.2, 0) is 5.41 Å². The van der Waals surface area contributed by atoms with Crippen LogP contribution >= 0.6 is 0 Å². The highest BCUT2D eigenvalue weighted by Crippen LogP contribution is 2.37. The third-order valence-electron chi connectivity index (χ3n) is 10.8. The van der Waals surface area contributed by atoms with Gasteiger partial charge in [-0.15, -0.1) is 0 Å². The van der Waals surface area contributed by atoms with Crippen molar-refractivity contribution in [2.75, 3.05) is 0 Å². The molecule has 3 aromatic heterocycles. The van der Waals surface area contributed by atoms with E-state index in [0.29, 0.717) is 0 Å². The molecule has 0 saturated heterocycles. The summed E-state index contributed by atoms with van der Waals surface area (Å²) in [6.07, 6.45) is 9.70. The highest BCUT2D eigenvalue weighted by atomic mass is 16.5. The molecule has 8 aromatic rings. The predicted molar refractivity (Wildman–Crippen MR) is 213 cm³/mol. The number of fused-ring (bicyclic) bond motifs is 3. The number of hydrogen-bond donors (Lipinski definition) is 0. The molecule has 0 spiro atoms. The molecular formula is C47H44N4O. The summed E-state index contributed by atoms with van der Waals surface area (Å²) in [5.41, 5.74) is 14.3. The van der Waals surface area contributed by atoms with Crippen molar-refractivity contribution in [3.05, 3.63) is 161 Å². The third-order valence-corrected chi connectivity index (χ3v) is 10.8. The Morgan fingerprint density at radius 3 is 2.08 bits per heavy atom. The van der Waals surface area contributed by atoms with Crippen LogP contribution in [0.3, 0.4) is 0 Å². The zero-order valence-electron chi connectivity index (χ0n) is 31.2. The molecule has 0 unspecified atom stereocenters. The molecule has 0 aliphatic heterocycles. The van der Waals surface area contributed by atoms with Crippen molar-refractivity contribution in [1.29, 1.82) is 0 Å². The third kappa shape index (κ3) is 5.76. The van der Waals surface area contributed by atoms with E-state index in [4.69, 9.17) is 9.72 Å². The van der Waals surface area contributed by atoms with E-state index >= 15 is 0 Å². The predicted octanol–water partition coefficient (Wildman–Crippen LogP) is 11.3. The number of benzene rings is 5. The number of imidazole rings is 1. The van der Waals surface area contributed by atoms with Gasteiger partial charge in [-0.05, 0) is 133 Å². The lowest BCUT2D eigenvalue weighted by atomic mass is 9.88. The topological polar surface area (TPSA) is 35.9 Å². The van der Waals surface area contributed by atoms with Crippen LogP contribution in [0.2, 0.25) is 0 Å². The molecule has 8 rings (SSSR count). The number of hydrogen-bond acceptors (Lipinski definition) is 2. The van der Waals surface area contributed by atoms with E-state index in [-0.39, 0.29) is 5.41 Å². The van der Waals surface area contributed by atoms with Gasteiger partial charge in [0, 0.05) is 35.4 Å². The Kier molecular flexibility index (Phi) is 8.10. The monoisotopic (exact) mass is 680 g/mol. The van der Waals surface area contributed by atoms with Crippen molar-refractivity contribution < 1.29 is 9.30 Å². The minimum Gasteiger partial charge on any atom is -0.458 e. The first-order chi connectivity index (χ1) is 25.0. The fourth-order valence-corrected chi connectivity index (χ4v) is 7.41. The van der Waals surface area contributed by atoms with Crippen LogP contribution < -0.4 is 9.30 Å². The Bertz CT molecular complexity index is 2610. The van der Waals surface area contributed by atoms with Gasteiger partial charge in [-0.2, -0.15) is 0 Å². The van der Waals surface area contributed by atoms with Crippen molar-refractivity contribution in [3.63, 3.8) is 0 Å². The van der Waals surface area contributed by atoms with Gasteiger partial charge in [0.15, 0.2) is 0 Å². The first-order valence-corrected chi connectivity index (χ1v) is 18.0. The van der Waals surface area contributed by atoms with Crippen LogP contribution in [0.25, 0.3) is 50.1 Å². The van der Waals surface area contributed by atoms with Gasteiger partial charge in [0.05, 0.1) is 22.4 Å². The van der Waals surface area contributed by atoms with E-state index in [2.05, 4.69) is 185 Å². The second-order valence-electron chi connectivity index (χ2n) is 15.0. The van der Waals surface area contributed by atoms with Gasteiger partial charge in [-0.3, -0.25) is 13.7 Å². The fraction of sp³-hybridized carbons (Fsp3) is 0.191. The van der Waals surface area contributed by atoms with E-state index in [1.807, 2.05) is 12.3 Å². The van der Waals surface area contributed by atoms with Crippen molar-refractivity contribution in [2.45, 2.75) is 60.8 Å².